The minimum atomic E-state index is 0.0356. The van der Waals surface area contributed by atoms with E-state index >= 15 is 0 Å². The van der Waals surface area contributed by atoms with Gasteiger partial charge in [0.1, 0.15) is 6.54 Å². The van der Waals surface area contributed by atoms with Crippen molar-refractivity contribution in [1.29, 1.82) is 5.26 Å². The summed E-state index contributed by atoms with van der Waals surface area (Å²) in [6.45, 7) is 0.381. The Hall–Kier alpha value is -1.79. The molecule has 0 saturated carbocycles. The number of aliphatic hydroxyl groups is 1. The fourth-order valence-electron chi connectivity index (χ4n) is 1.64. The maximum Gasteiger partial charge on any atom is 0.110 e. The lowest BCUT2D eigenvalue weighted by Crippen LogP contribution is -1.92. The molecular weight excluding hydrogens is 176 g/mol. The third kappa shape index (κ3) is 1.26. The topological polar surface area (TPSA) is 49.0 Å². The van der Waals surface area contributed by atoms with Crippen molar-refractivity contribution in [2.24, 2.45) is 0 Å². The quantitative estimate of drug-likeness (QED) is 0.775. The van der Waals surface area contributed by atoms with Gasteiger partial charge in [0.15, 0.2) is 0 Å². The minimum Gasteiger partial charge on any atom is -0.392 e. The summed E-state index contributed by atoms with van der Waals surface area (Å²) in [5.41, 5.74) is 1.90. The van der Waals surface area contributed by atoms with Crippen molar-refractivity contribution in [2.75, 3.05) is 0 Å². The smallest absolute Gasteiger partial charge is 0.110 e. The third-order valence-corrected chi connectivity index (χ3v) is 2.32. The van der Waals surface area contributed by atoms with Crippen LogP contribution < -0.4 is 0 Å². The number of aromatic nitrogens is 1. The van der Waals surface area contributed by atoms with E-state index < -0.39 is 0 Å². The molecule has 0 aliphatic carbocycles. The summed E-state index contributed by atoms with van der Waals surface area (Å²) < 4.78 is 1.87. The zero-order chi connectivity index (χ0) is 9.97. The van der Waals surface area contributed by atoms with E-state index in [9.17, 15) is 0 Å². The fourth-order valence-corrected chi connectivity index (χ4v) is 1.64. The molecule has 0 bridgehead atoms. The first kappa shape index (κ1) is 8.79. The van der Waals surface area contributed by atoms with E-state index in [0.717, 1.165) is 16.5 Å². The van der Waals surface area contributed by atoms with Crippen LogP contribution in [0.5, 0.6) is 0 Å². The zero-order valence-electron chi connectivity index (χ0n) is 7.64. The number of nitrogens with zero attached hydrogens (tertiary/aromatic N) is 2. The molecule has 0 spiro atoms. The molecule has 1 N–H and O–H groups in total. The van der Waals surface area contributed by atoms with E-state index in [1.54, 1.807) is 0 Å². The van der Waals surface area contributed by atoms with Crippen molar-refractivity contribution in [3.05, 3.63) is 36.0 Å². The highest BCUT2D eigenvalue weighted by atomic mass is 16.3. The van der Waals surface area contributed by atoms with Crippen molar-refractivity contribution in [3.8, 4) is 6.07 Å². The van der Waals surface area contributed by atoms with Crippen LogP contribution >= 0.6 is 0 Å². The van der Waals surface area contributed by atoms with Gasteiger partial charge < -0.3 is 9.67 Å². The van der Waals surface area contributed by atoms with E-state index in [4.69, 9.17) is 10.4 Å². The number of benzene rings is 1. The highest BCUT2D eigenvalue weighted by Gasteiger charge is 2.03. The summed E-state index contributed by atoms with van der Waals surface area (Å²) >= 11 is 0. The van der Waals surface area contributed by atoms with Crippen molar-refractivity contribution in [2.45, 2.75) is 13.2 Å². The summed E-state index contributed by atoms with van der Waals surface area (Å²) in [7, 11) is 0. The molecule has 2 aromatic rings. The molecule has 2 rings (SSSR count). The Labute approximate surface area is 81.8 Å². The predicted molar refractivity (Wildman–Crippen MR) is 53.5 cm³/mol. The monoisotopic (exact) mass is 186 g/mol. The second kappa shape index (κ2) is 3.52. The molecule has 1 aromatic carbocycles. The van der Waals surface area contributed by atoms with Crippen LogP contribution in [0.2, 0.25) is 0 Å². The van der Waals surface area contributed by atoms with Crippen LogP contribution in [0.1, 0.15) is 5.56 Å². The van der Waals surface area contributed by atoms with Crippen LogP contribution in [0.25, 0.3) is 10.9 Å². The van der Waals surface area contributed by atoms with Gasteiger partial charge in [0, 0.05) is 17.1 Å². The van der Waals surface area contributed by atoms with E-state index in [2.05, 4.69) is 6.07 Å². The normalized spacial score (nSPS) is 10.3. The van der Waals surface area contributed by atoms with E-state index in [0.29, 0.717) is 6.54 Å². The Bertz CT molecular complexity index is 493. The van der Waals surface area contributed by atoms with Crippen LogP contribution in [-0.2, 0) is 13.2 Å². The molecule has 0 radical (unpaired) electrons. The molecule has 0 saturated heterocycles. The van der Waals surface area contributed by atoms with Crippen molar-refractivity contribution < 1.29 is 5.11 Å². The van der Waals surface area contributed by atoms with E-state index in [-0.39, 0.29) is 6.61 Å². The molecule has 70 valence electrons. The summed E-state index contributed by atoms with van der Waals surface area (Å²) in [4.78, 5) is 0. The van der Waals surface area contributed by atoms with Crippen LogP contribution in [0.4, 0.5) is 0 Å². The number of nitriles is 1. The summed E-state index contributed by atoms with van der Waals surface area (Å²) in [5, 5.41) is 18.7. The molecule has 0 aliphatic rings. The van der Waals surface area contributed by atoms with Crippen LogP contribution in [0.3, 0.4) is 0 Å². The van der Waals surface area contributed by atoms with Gasteiger partial charge in [-0.2, -0.15) is 5.26 Å². The van der Waals surface area contributed by atoms with Crippen LogP contribution in [-0.4, -0.2) is 9.67 Å². The number of hydrogen-bond acceptors (Lipinski definition) is 2. The molecular formula is C11H10N2O. The summed E-state index contributed by atoms with van der Waals surface area (Å²) in [6, 6.07) is 9.76. The van der Waals surface area contributed by atoms with Crippen molar-refractivity contribution in [3.63, 3.8) is 0 Å². The molecule has 0 fully saturated rings. The van der Waals surface area contributed by atoms with Gasteiger partial charge in [-0.05, 0) is 17.7 Å². The van der Waals surface area contributed by atoms with Gasteiger partial charge in [-0.1, -0.05) is 12.1 Å². The number of fused-ring (bicyclic) bond motifs is 1. The summed E-state index contributed by atoms with van der Waals surface area (Å²) in [5.74, 6) is 0. The van der Waals surface area contributed by atoms with Gasteiger partial charge in [-0.15, -0.1) is 0 Å². The molecule has 1 aromatic heterocycles. The van der Waals surface area contributed by atoms with Gasteiger partial charge in [0.25, 0.3) is 0 Å². The average molecular weight is 186 g/mol. The fraction of sp³-hybridized carbons (Fsp3) is 0.182. The maximum absolute atomic E-state index is 9.10. The maximum atomic E-state index is 9.10. The van der Waals surface area contributed by atoms with Crippen LogP contribution in [0.15, 0.2) is 30.5 Å². The minimum absolute atomic E-state index is 0.0356. The van der Waals surface area contributed by atoms with Gasteiger partial charge in [0.2, 0.25) is 0 Å². The first-order chi connectivity index (χ1) is 6.86. The zero-order valence-corrected chi connectivity index (χ0v) is 7.64. The molecule has 0 amide bonds. The number of rotatable bonds is 2. The van der Waals surface area contributed by atoms with Gasteiger partial charge in [-0.3, -0.25) is 0 Å². The van der Waals surface area contributed by atoms with E-state index in [1.165, 1.54) is 0 Å². The predicted octanol–water partition coefficient (Wildman–Crippen LogP) is 1.66. The highest BCUT2D eigenvalue weighted by Crippen LogP contribution is 2.19. The van der Waals surface area contributed by atoms with Gasteiger partial charge >= 0.3 is 0 Å². The Morgan fingerprint density at radius 3 is 2.93 bits per heavy atom. The Morgan fingerprint density at radius 1 is 1.36 bits per heavy atom. The van der Waals surface area contributed by atoms with Crippen molar-refractivity contribution in [1.82, 2.24) is 4.57 Å². The van der Waals surface area contributed by atoms with Crippen molar-refractivity contribution >= 4 is 10.9 Å². The highest BCUT2D eigenvalue weighted by molar-refractivity contribution is 5.83. The number of hydrogen-bond donors (Lipinski definition) is 1. The Kier molecular flexibility index (Phi) is 2.21. The molecule has 3 nitrogen and oxygen atoms in total. The first-order valence-electron chi connectivity index (χ1n) is 4.41. The molecule has 3 heteroatoms. The van der Waals surface area contributed by atoms with Gasteiger partial charge in [-0.25, -0.2) is 0 Å². The third-order valence-electron chi connectivity index (χ3n) is 2.32. The second-order valence-corrected chi connectivity index (χ2v) is 3.11. The van der Waals surface area contributed by atoms with Crippen LogP contribution in [0, 0.1) is 11.3 Å². The standard InChI is InChI=1S/C11H10N2O/c12-5-7-13-6-4-10-9(8-14)2-1-3-11(10)13/h1-4,6,14H,7-8H2. The summed E-state index contributed by atoms with van der Waals surface area (Å²) in [6.07, 6.45) is 1.87. The SMILES string of the molecule is N#CCn1ccc2c(CO)cccc21. The molecule has 0 atom stereocenters. The molecule has 0 aliphatic heterocycles. The lowest BCUT2D eigenvalue weighted by molar-refractivity contribution is 0.283. The Balaban J connectivity index is 2.64. The lowest BCUT2D eigenvalue weighted by Gasteiger charge is -2.01. The van der Waals surface area contributed by atoms with Gasteiger partial charge in [0.05, 0.1) is 12.7 Å². The second-order valence-electron chi connectivity index (χ2n) is 3.11. The average Bonchev–Trinajstić information content (AvgIpc) is 2.62. The Morgan fingerprint density at radius 2 is 2.21 bits per heavy atom. The lowest BCUT2D eigenvalue weighted by atomic mass is 10.1. The molecule has 0 unspecified atom stereocenters. The number of aliphatic hydroxyl groups excluding tert-OH is 1. The molecule has 1 heterocycles. The largest absolute Gasteiger partial charge is 0.392 e. The first-order valence-corrected chi connectivity index (χ1v) is 4.41. The van der Waals surface area contributed by atoms with E-state index in [1.807, 2.05) is 35.0 Å². The molecule has 14 heavy (non-hydrogen) atoms.